The molecule has 2 N–H and O–H groups in total. The molecule has 3 rings (SSSR count). The first-order valence-electron chi connectivity index (χ1n) is 8.58. The average Bonchev–Trinajstić information content (AvgIpc) is 3.08. The molecule has 1 aromatic rings. The Morgan fingerprint density at radius 1 is 1.27 bits per heavy atom. The van der Waals surface area contributed by atoms with Crippen molar-refractivity contribution in [2.24, 2.45) is 11.7 Å². The molecule has 1 aliphatic heterocycles. The molecule has 0 spiro atoms. The average molecular weight is 302 g/mol. The van der Waals surface area contributed by atoms with Crippen LogP contribution in [0.25, 0.3) is 0 Å². The zero-order valence-electron chi connectivity index (χ0n) is 13.2. The lowest BCUT2D eigenvalue weighted by Crippen LogP contribution is -2.37. The number of rotatable bonds is 5. The molecule has 22 heavy (non-hydrogen) atoms. The van der Waals surface area contributed by atoms with E-state index in [0.29, 0.717) is 18.3 Å². The Balaban J connectivity index is 1.65. The van der Waals surface area contributed by atoms with Gasteiger partial charge in [-0.2, -0.15) is 0 Å². The minimum atomic E-state index is -0.198. The fourth-order valence-electron chi connectivity index (χ4n) is 3.79. The van der Waals surface area contributed by atoms with Gasteiger partial charge in [-0.3, -0.25) is 4.79 Å². The molecule has 120 valence electrons. The van der Waals surface area contributed by atoms with Gasteiger partial charge < -0.3 is 10.6 Å². The number of amides is 1. The molecule has 1 aromatic heterocycles. The van der Waals surface area contributed by atoms with Gasteiger partial charge in [-0.1, -0.05) is 12.8 Å². The predicted octanol–water partition coefficient (Wildman–Crippen LogP) is 2.62. The molecule has 1 atom stereocenters. The van der Waals surface area contributed by atoms with Crippen LogP contribution in [-0.4, -0.2) is 29.0 Å². The Hall–Kier alpha value is -1.65. The maximum atomic E-state index is 11.0. The predicted molar refractivity (Wildman–Crippen MR) is 86.6 cm³/mol. The van der Waals surface area contributed by atoms with Crippen LogP contribution in [0.4, 0.5) is 5.95 Å². The molecule has 0 unspecified atom stereocenters. The lowest BCUT2D eigenvalue weighted by molar-refractivity contribution is -0.118. The Morgan fingerprint density at radius 3 is 2.86 bits per heavy atom. The third kappa shape index (κ3) is 3.76. The molecule has 1 saturated carbocycles. The first-order chi connectivity index (χ1) is 10.7. The summed E-state index contributed by atoms with van der Waals surface area (Å²) in [4.78, 5) is 22.6. The first-order valence-corrected chi connectivity index (χ1v) is 8.58. The van der Waals surface area contributed by atoms with Gasteiger partial charge in [0.25, 0.3) is 0 Å². The maximum Gasteiger partial charge on any atom is 0.225 e. The van der Waals surface area contributed by atoms with Crippen molar-refractivity contribution in [2.75, 3.05) is 18.0 Å². The van der Waals surface area contributed by atoms with E-state index in [4.69, 9.17) is 10.7 Å². The van der Waals surface area contributed by atoms with Crippen molar-refractivity contribution < 1.29 is 4.79 Å². The summed E-state index contributed by atoms with van der Waals surface area (Å²) in [5, 5.41) is 0. The fourth-order valence-corrected chi connectivity index (χ4v) is 3.79. The smallest absolute Gasteiger partial charge is 0.225 e. The van der Waals surface area contributed by atoms with Gasteiger partial charge in [-0.25, -0.2) is 9.97 Å². The molecule has 0 bridgehead atoms. The van der Waals surface area contributed by atoms with Crippen LogP contribution in [-0.2, 0) is 4.79 Å². The second-order valence-electron chi connectivity index (χ2n) is 6.72. The highest BCUT2D eigenvalue weighted by molar-refractivity contribution is 5.73. The number of carbonyl (C=O) groups excluding carboxylic acids is 1. The molecule has 2 fully saturated rings. The van der Waals surface area contributed by atoms with E-state index in [-0.39, 0.29) is 5.91 Å². The van der Waals surface area contributed by atoms with Crippen LogP contribution >= 0.6 is 0 Å². The standard InChI is InChI=1S/C17H26N4O/c18-16(22)8-7-13-4-3-11-21(12-13)17-19-10-9-15(20-17)14-5-1-2-6-14/h9-10,13-14H,1-8,11-12H2,(H2,18,22)/t13-/m0/s1. The van der Waals surface area contributed by atoms with E-state index < -0.39 is 0 Å². The van der Waals surface area contributed by atoms with Gasteiger partial charge in [-0.15, -0.1) is 0 Å². The summed E-state index contributed by atoms with van der Waals surface area (Å²) in [6.07, 6.45) is 10.8. The highest BCUT2D eigenvalue weighted by Crippen LogP contribution is 2.33. The lowest BCUT2D eigenvalue weighted by atomic mass is 9.93. The molecule has 5 nitrogen and oxygen atoms in total. The van der Waals surface area contributed by atoms with E-state index in [1.165, 1.54) is 37.8 Å². The van der Waals surface area contributed by atoms with Crippen molar-refractivity contribution >= 4 is 11.9 Å². The monoisotopic (exact) mass is 302 g/mol. The SMILES string of the molecule is NC(=O)CC[C@@H]1CCCN(c2nccc(C3CCCC3)n2)C1. The van der Waals surface area contributed by atoms with Crippen molar-refractivity contribution in [1.29, 1.82) is 0 Å². The number of aromatic nitrogens is 2. The number of nitrogens with two attached hydrogens (primary N) is 1. The number of hydrogen-bond acceptors (Lipinski definition) is 4. The Morgan fingerprint density at radius 2 is 2.09 bits per heavy atom. The summed E-state index contributed by atoms with van der Waals surface area (Å²) in [5.74, 6) is 1.82. The molecule has 0 aromatic carbocycles. The molecular weight excluding hydrogens is 276 g/mol. The summed E-state index contributed by atoms with van der Waals surface area (Å²) in [6, 6.07) is 2.08. The largest absolute Gasteiger partial charge is 0.370 e. The Labute approximate surface area is 132 Å². The third-order valence-electron chi connectivity index (χ3n) is 5.04. The normalized spacial score (nSPS) is 22.9. The Kier molecular flexibility index (Phi) is 4.90. The summed E-state index contributed by atoms with van der Waals surface area (Å²) < 4.78 is 0. The quantitative estimate of drug-likeness (QED) is 0.907. The van der Waals surface area contributed by atoms with Crippen LogP contribution < -0.4 is 10.6 Å². The van der Waals surface area contributed by atoms with Crippen LogP contribution in [0.2, 0.25) is 0 Å². The number of piperidine rings is 1. The second kappa shape index (κ2) is 7.07. The van der Waals surface area contributed by atoms with Gasteiger partial charge in [0.15, 0.2) is 0 Å². The third-order valence-corrected chi connectivity index (χ3v) is 5.04. The minimum Gasteiger partial charge on any atom is -0.370 e. The molecule has 2 aliphatic rings. The first kappa shape index (κ1) is 15.3. The summed E-state index contributed by atoms with van der Waals surface area (Å²) in [6.45, 7) is 1.96. The van der Waals surface area contributed by atoms with Crippen molar-refractivity contribution in [3.05, 3.63) is 18.0 Å². The molecular formula is C17H26N4O. The second-order valence-corrected chi connectivity index (χ2v) is 6.72. The topological polar surface area (TPSA) is 72.1 Å². The van der Waals surface area contributed by atoms with Gasteiger partial charge in [-0.05, 0) is 44.1 Å². The van der Waals surface area contributed by atoms with Crippen molar-refractivity contribution in [3.8, 4) is 0 Å². The van der Waals surface area contributed by atoms with E-state index in [1.54, 1.807) is 0 Å². The van der Waals surface area contributed by atoms with Crippen LogP contribution in [0.1, 0.15) is 63.0 Å². The molecule has 1 saturated heterocycles. The zero-order valence-corrected chi connectivity index (χ0v) is 13.2. The number of carbonyl (C=O) groups is 1. The molecule has 0 radical (unpaired) electrons. The number of nitrogens with zero attached hydrogens (tertiary/aromatic N) is 3. The zero-order chi connectivity index (χ0) is 15.4. The summed E-state index contributed by atoms with van der Waals surface area (Å²) >= 11 is 0. The van der Waals surface area contributed by atoms with Crippen LogP contribution in [0, 0.1) is 5.92 Å². The van der Waals surface area contributed by atoms with E-state index in [0.717, 1.165) is 31.9 Å². The summed E-state index contributed by atoms with van der Waals surface area (Å²) in [7, 11) is 0. The van der Waals surface area contributed by atoms with Crippen LogP contribution in [0.3, 0.4) is 0 Å². The molecule has 1 amide bonds. The fraction of sp³-hybridized carbons (Fsp3) is 0.706. The van der Waals surface area contributed by atoms with Crippen molar-refractivity contribution in [3.63, 3.8) is 0 Å². The van der Waals surface area contributed by atoms with Gasteiger partial charge in [0.2, 0.25) is 11.9 Å². The molecule has 1 aliphatic carbocycles. The number of primary amides is 1. The number of hydrogen-bond donors (Lipinski definition) is 1. The highest BCUT2D eigenvalue weighted by Gasteiger charge is 2.24. The number of anilines is 1. The highest BCUT2D eigenvalue weighted by atomic mass is 16.1. The van der Waals surface area contributed by atoms with E-state index in [1.807, 2.05) is 6.20 Å². The van der Waals surface area contributed by atoms with Gasteiger partial charge in [0.05, 0.1) is 0 Å². The molecule has 2 heterocycles. The lowest BCUT2D eigenvalue weighted by Gasteiger charge is -2.33. The maximum absolute atomic E-state index is 11.0. The van der Waals surface area contributed by atoms with Crippen molar-refractivity contribution in [1.82, 2.24) is 9.97 Å². The van der Waals surface area contributed by atoms with Crippen molar-refractivity contribution in [2.45, 2.75) is 57.3 Å². The Bertz CT molecular complexity index is 513. The van der Waals surface area contributed by atoms with E-state index in [9.17, 15) is 4.79 Å². The van der Waals surface area contributed by atoms with Crippen LogP contribution in [0.5, 0.6) is 0 Å². The minimum absolute atomic E-state index is 0.198. The van der Waals surface area contributed by atoms with Gasteiger partial charge in [0.1, 0.15) is 0 Å². The van der Waals surface area contributed by atoms with Gasteiger partial charge in [0, 0.05) is 37.3 Å². The van der Waals surface area contributed by atoms with E-state index in [2.05, 4.69) is 16.0 Å². The molecule has 5 heteroatoms. The summed E-state index contributed by atoms with van der Waals surface area (Å²) in [5.41, 5.74) is 6.48. The van der Waals surface area contributed by atoms with Crippen LogP contribution in [0.15, 0.2) is 12.3 Å². The van der Waals surface area contributed by atoms with E-state index >= 15 is 0 Å². The van der Waals surface area contributed by atoms with Gasteiger partial charge >= 0.3 is 0 Å².